The van der Waals surface area contributed by atoms with E-state index in [0.29, 0.717) is 6.42 Å². The zero-order chi connectivity index (χ0) is 15.4. The highest BCUT2D eigenvalue weighted by molar-refractivity contribution is 6.31. The number of halogens is 1. The molecule has 114 valence electrons. The van der Waals surface area contributed by atoms with E-state index >= 15 is 0 Å². The van der Waals surface area contributed by atoms with Gasteiger partial charge >= 0.3 is 0 Å². The summed E-state index contributed by atoms with van der Waals surface area (Å²) in [6.07, 6.45) is 2.72. The third-order valence-corrected chi connectivity index (χ3v) is 4.66. The highest BCUT2D eigenvalue weighted by Crippen LogP contribution is 2.33. The Balaban J connectivity index is 1.90. The van der Waals surface area contributed by atoms with Gasteiger partial charge < -0.3 is 4.90 Å². The smallest absolute Gasteiger partial charge is 0.223 e. The van der Waals surface area contributed by atoms with Crippen LogP contribution in [0.1, 0.15) is 36.3 Å². The molecule has 2 nitrogen and oxygen atoms in total. The molecule has 2 aromatic carbocycles. The van der Waals surface area contributed by atoms with Crippen molar-refractivity contribution in [2.24, 2.45) is 0 Å². The van der Waals surface area contributed by atoms with Crippen LogP contribution < -0.4 is 0 Å². The highest BCUT2D eigenvalue weighted by Gasteiger charge is 2.24. The Kier molecular flexibility index (Phi) is 4.79. The Morgan fingerprint density at radius 1 is 1.00 bits per heavy atom. The molecule has 0 aromatic heterocycles. The molecule has 0 unspecified atom stereocenters. The Morgan fingerprint density at radius 3 is 2.32 bits per heavy atom. The molecule has 0 saturated carbocycles. The van der Waals surface area contributed by atoms with E-state index in [2.05, 4.69) is 12.1 Å². The summed E-state index contributed by atoms with van der Waals surface area (Å²) in [5.41, 5.74) is 2.17. The van der Waals surface area contributed by atoms with Gasteiger partial charge in [0, 0.05) is 30.5 Å². The Hall–Kier alpha value is -1.80. The summed E-state index contributed by atoms with van der Waals surface area (Å²) in [6.45, 7) is 1.78. The molecule has 3 heteroatoms. The zero-order valence-corrected chi connectivity index (χ0v) is 13.3. The summed E-state index contributed by atoms with van der Waals surface area (Å²) in [6, 6.07) is 18.0. The van der Waals surface area contributed by atoms with Gasteiger partial charge in [0.15, 0.2) is 0 Å². The molecule has 0 aliphatic carbocycles. The van der Waals surface area contributed by atoms with Gasteiger partial charge in [-0.1, -0.05) is 60.1 Å². The summed E-state index contributed by atoms with van der Waals surface area (Å²) in [5.74, 6) is 0.245. The van der Waals surface area contributed by atoms with Crippen LogP contribution in [-0.4, -0.2) is 23.9 Å². The van der Waals surface area contributed by atoms with Gasteiger partial charge in [-0.3, -0.25) is 4.79 Å². The Labute approximate surface area is 136 Å². The molecular weight excluding hydrogens is 294 g/mol. The molecule has 0 radical (unpaired) electrons. The standard InChI is InChI=1S/C19H20ClNO/c20-18-11-5-4-10-16(18)17(15-8-2-1-3-9-15)14-19(22)21-12-6-7-13-21/h1-5,8-11,17H,6-7,12-14H2/t17-/m0/s1. The van der Waals surface area contributed by atoms with E-state index in [-0.39, 0.29) is 11.8 Å². The number of likely N-dealkylation sites (tertiary alicyclic amines) is 1. The number of hydrogen-bond acceptors (Lipinski definition) is 1. The molecule has 22 heavy (non-hydrogen) atoms. The van der Waals surface area contributed by atoms with Crippen molar-refractivity contribution < 1.29 is 4.79 Å². The largest absolute Gasteiger partial charge is 0.343 e. The van der Waals surface area contributed by atoms with E-state index in [9.17, 15) is 4.79 Å². The molecule has 1 aliphatic rings. The monoisotopic (exact) mass is 313 g/mol. The predicted molar refractivity (Wildman–Crippen MR) is 90.2 cm³/mol. The number of rotatable bonds is 4. The Bertz CT molecular complexity index is 635. The molecule has 1 atom stereocenters. The van der Waals surface area contributed by atoms with Crippen LogP contribution in [0.25, 0.3) is 0 Å². The molecule has 3 rings (SSSR count). The van der Waals surface area contributed by atoms with E-state index in [1.165, 1.54) is 0 Å². The van der Waals surface area contributed by atoms with Gasteiger partial charge in [-0.25, -0.2) is 0 Å². The molecule has 2 aromatic rings. The van der Waals surface area contributed by atoms with Crippen LogP contribution in [-0.2, 0) is 4.79 Å². The lowest BCUT2D eigenvalue weighted by molar-refractivity contribution is -0.130. The minimum atomic E-state index is 0.0167. The summed E-state index contributed by atoms with van der Waals surface area (Å²) in [4.78, 5) is 14.6. The van der Waals surface area contributed by atoms with E-state index in [4.69, 9.17) is 11.6 Å². The summed E-state index contributed by atoms with van der Waals surface area (Å²) < 4.78 is 0. The number of benzene rings is 2. The fraction of sp³-hybridized carbons (Fsp3) is 0.316. The maximum Gasteiger partial charge on any atom is 0.223 e. The number of amides is 1. The predicted octanol–water partition coefficient (Wildman–Crippen LogP) is 4.48. The van der Waals surface area contributed by atoms with Crippen molar-refractivity contribution in [2.75, 3.05) is 13.1 Å². The first-order chi connectivity index (χ1) is 10.8. The van der Waals surface area contributed by atoms with Crippen molar-refractivity contribution in [1.29, 1.82) is 0 Å². The van der Waals surface area contributed by atoms with Gasteiger partial charge in [0.25, 0.3) is 0 Å². The average Bonchev–Trinajstić information content (AvgIpc) is 3.09. The highest BCUT2D eigenvalue weighted by atomic mass is 35.5. The lowest BCUT2D eigenvalue weighted by Crippen LogP contribution is -2.29. The van der Waals surface area contributed by atoms with Gasteiger partial charge in [-0.15, -0.1) is 0 Å². The van der Waals surface area contributed by atoms with Crippen LogP contribution >= 0.6 is 11.6 Å². The van der Waals surface area contributed by atoms with Crippen LogP contribution in [0.15, 0.2) is 54.6 Å². The molecule has 1 heterocycles. The topological polar surface area (TPSA) is 20.3 Å². The lowest BCUT2D eigenvalue weighted by atomic mass is 9.88. The number of carbonyl (C=O) groups excluding carboxylic acids is 1. The van der Waals surface area contributed by atoms with Crippen LogP contribution in [0.2, 0.25) is 5.02 Å². The summed E-state index contributed by atoms with van der Waals surface area (Å²) in [5, 5.41) is 0.727. The minimum Gasteiger partial charge on any atom is -0.343 e. The van der Waals surface area contributed by atoms with Crippen molar-refractivity contribution in [2.45, 2.75) is 25.2 Å². The maximum atomic E-state index is 12.6. The lowest BCUT2D eigenvalue weighted by Gasteiger charge is -2.22. The molecule has 0 bridgehead atoms. The molecule has 1 aliphatic heterocycles. The first-order valence-electron chi connectivity index (χ1n) is 7.83. The van der Waals surface area contributed by atoms with Crippen LogP contribution in [0.5, 0.6) is 0 Å². The van der Waals surface area contributed by atoms with Gasteiger partial charge in [-0.05, 0) is 30.0 Å². The quantitative estimate of drug-likeness (QED) is 0.814. The third kappa shape index (κ3) is 3.33. The van der Waals surface area contributed by atoms with Crippen LogP contribution in [0.4, 0.5) is 0 Å². The normalized spacial score (nSPS) is 15.8. The van der Waals surface area contributed by atoms with Gasteiger partial charge in [-0.2, -0.15) is 0 Å². The molecule has 0 N–H and O–H groups in total. The van der Waals surface area contributed by atoms with Crippen molar-refractivity contribution in [1.82, 2.24) is 4.90 Å². The molecule has 1 amide bonds. The fourth-order valence-corrected chi connectivity index (χ4v) is 3.39. The van der Waals surface area contributed by atoms with Crippen LogP contribution in [0, 0.1) is 0 Å². The fourth-order valence-electron chi connectivity index (χ4n) is 3.12. The second kappa shape index (κ2) is 6.97. The van der Waals surface area contributed by atoms with Crippen molar-refractivity contribution >= 4 is 17.5 Å². The van der Waals surface area contributed by atoms with Gasteiger partial charge in [0.05, 0.1) is 0 Å². The zero-order valence-electron chi connectivity index (χ0n) is 12.5. The molecule has 0 spiro atoms. The average molecular weight is 314 g/mol. The van der Waals surface area contributed by atoms with E-state index in [0.717, 1.165) is 42.1 Å². The van der Waals surface area contributed by atoms with Crippen molar-refractivity contribution in [3.63, 3.8) is 0 Å². The van der Waals surface area contributed by atoms with Crippen LogP contribution in [0.3, 0.4) is 0 Å². The maximum absolute atomic E-state index is 12.6. The second-order valence-corrected chi connectivity index (χ2v) is 6.18. The SMILES string of the molecule is O=C(C[C@@H](c1ccccc1)c1ccccc1Cl)N1CCCC1. The van der Waals surface area contributed by atoms with Crippen molar-refractivity contribution in [3.05, 3.63) is 70.7 Å². The van der Waals surface area contributed by atoms with E-state index in [1.807, 2.05) is 47.4 Å². The van der Waals surface area contributed by atoms with Gasteiger partial charge in [0.2, 0.25) is 5.91 Å². The summed E-state index contributed by atoms with van der Waals surface area (Å²) in [7, 11) is 0. The number of carbonyl (C=O) groups is 1. The summed E-state index contributed by atoms with van der Waals surface area (Å²) >= 11 is 6.39. The second-order valence-electron chi connectivity index (χ2n) is 5.78. The minimum absolute atomic E-state index is 0.0167. The van der Waals surface area contributed by atoms with Crippen molar-refractivity contribution in [3.8, 4) is 0 Å². The number of nitrogens with zero attached hydrogens (tertiary/aromatic N) is 1. The first-order valence-corrected chi connectivity index (χ1v) is 8.20. The van der Waals surface area contributed by atoms with E-state index in [1.54, 1.807) is 0 Å². The first kappa shape index (κ1) is 15.1. The molecule has 1 saturated heterocycles. The third-order valence-electron chi connectivity index (χ3n) is 4.32. The number of hydrogen-bond donors (Lipinski definition) is 0. The molecule has 1 fully saturated rings. The Morgan fingerprint density at radius 2 is 1.64 bits per heavy atom. The van der Waals surface area contributed by atoms with Gasteiger partial charge in [0.1, 0.15) is 0 Å². The molecular formula is C19H20ClNO. The van der Waals surface area contributed by atoms with E-state index < -0.39 is 0 Å².